The molecule has 0 aliphatic carbocycles. The third-order valence-corrected chi connectivity index (χ3v) is 4.41. The molecule has 8 heteroatoms. The summed E-state index contributed by atoms with van der Waals surface area (Å²) in [6.45, 7) is 0. The lowest BCUT2D eigenvalue weighted by atomic mass is 10.2. The molecule has 0 radical (unpaired) electrons. The zero-order valence-electron chi connectivity index (χ0n) is 13.5. The SMILES string of the molecule is COc1ccc(-c2nnc(S/C(=C/c3ccc(Cl)cc3)C(=O)[O-])o2)cc1. The summed E-state index contributed by atoms with van der Waals surface area (Å²) >= 11 is 6.64. The van der Waals surface area contributed by atoms with E-state index in [0.29, 0.717) is 21.9 Å². The van der Waals surface area contributed by atoms with Gasteiger partial charge in [-0.2, -0.15) is 0 Å². The molecule has 3 rings (SSSR count). The van der Waals surface area contributed by atoms with E-state index < -0.39 is 5.97 Å². The van der Waals surface area contributed by atoms with Gasteiger partial charge in [0, 0.05) is 15.5 Å². The first-order valence-electron chi connectivity index (χ1n) is 7.39. The third-order valence-electron chi connectivity index (χ3n) is 3.31. The molecule has 0 bridgehead atoms. The normalized spacial score (nSPS) is 11.4. The third kappa shape index (κ3) is 4.44. The number of carboxylic acid groups (broad SMARTS) is 1. The number of carbonyl (C=O) groups is 1. The van der Waals surface area contributed by atoms with Gasteiger partial charge >= 0.3 is 0 Å². The van der Waals surface area contributed by atoms with Gasteiger partial charge in [0.25, 0.3) is 5.22 Å². The lowest BCUT2D eigenvalue weighted by molar-refractivity contribution is -0.298. The second kappa shape index (κ2) is 8.07. The van der Waals surface area contributed by atoms with Crippen LogP contribution < -0.4 is 9.84 Å². The van der Waals surface area contributed by atoms with Crippen molar-refractivity contribution in [1.29, 1.82) is 0 Å². The Morgan fingerprint density at radius 1 is 1.15 bits per heavy atom. The van der Waals surface area contributed by atoms with Gasteiger partial charge in [0.2, 0.25) is 5.89 Å². The molecule has 1 aromatic heterocycles. The highest BCUT2D eigenvalue weighted by Gasteiger charge is 2.12. The van der Waals surface area contributed by atoms with Crippen LogP contribution in [0, 0.1) is 0 Å². The number of nitrogens with zero attached hydrogens (tertiary/aromatic N) is 2. The number of carbonyl (C=O) groups excluding carboxylic acids is 1. The first-order valence-corrected chi connectivity index (χ1v) is 8.59. The van der Waals surface area contributed by atoms with Crippen LogP contribution >= 0.6 is 23.4 Å². The monoisotopic (exact) mass is 387 g/mol. The first-order chi connectivity index (χ1) is 12.5. The highest BCUT2D eigenvalue weighted by Crippen LogP contribution is 2.30. The van der Waals surface area contributed by atoms with Crippen LogP contribution in [0.4, 0.5) is 0 Å². The second-order valence-electron chi connectivity index (χ2n) is 5.05. The van der Waals surface area contributed by atoms with Crippen molar-refractivity contribution in [3.63, 3.8) is 0 Å². The van der Waals surface area contributed by atoms with E-state index in [4.69, 9.17) is 20.8 Å². The Morgan fingerprint density at radius 3 is 2.46 bits per heavy atom. The summed E-state index contributed by atoms with van der Waals surface area (Å²) in [4.78, 5) is 11.3. The number of halogens is 1. The molecule has 0 atom stereocenters. The van der Waals surface area contributed by atoms with Crippen LogP contribution in [0.2, 0.25) is 5.02 Å². The second-order valence-corrected chi connectivity index (χ2v) is 6.48. The van der Waals surface area contributed by atoms with Crippen molar-refractivity contribution in [1.82, 2.24) is 10.2 Å². The zero-order chi connectivity index (χ0) is 18.5. The number of thioether (sulfide) groups is 1. The molecule has 0 aliphatic heterocycles. The minimum Gasteiger partial charge on any atom is -0.544 e. The van der Waals surface area contributed by atoms with Gasteiger partial charge in [-0.25, -0.2) is 0 Å². The van der Waals surface area contributed by atoms with Crippen molar-refractivity contribution in [2.75, 3.05) is 7.11 Å². The molecule has 3 aromatic rings. The fraction of sp³-hybridized carbons (Fsp3) is 0.0556. The van der Waals surface area contributed by atoms with Gasteiger partial charge < -0.3 is 19.1 Å². The summed E-state index contributed by atoms with van der Waals surface area (Å²) in [5, 5.41) is 19.9. The molecular weight excluding hydrogens is 376 g/mol. The molecule has 1 heterocycles. The van der Waals surface area contributed by atoms with Crippen LogP contribution in [0.3, 0.4) is 0 Å². The summed E-state index contributed by atoms with van der Waals surface area (Å²) in [5.41, 5.74) is 1.36. The fourth-order valence-electron chi connectivity index (χ4n) is 2.04. The average molecular weight is 388 g/mol. The molecule has 0 saturated heterocycles. The largest absolute Gasteiger partial charge is 0.544 e. The molecule has 0 spiro atoms. The van der Waals surface area contributed by atoms with Crippen molar-refractivity contribution >= 4 is 35.4 Å². The Morgan fingerprint density at radius 2 is 1.85 bits per heavy atom. The Labute approximate surface area is 158 Å². The van der Waals surface area contributed by atoms with Gasteiger partial charge in [0.1, 0.15) is 5.75 Å². The molecule has 0 unspecified atom stereocenters. The molecule has 6 nitrogen and oxygen atoms in total. The molecule has 0 amide bonds. The van der Waals surface area contributed by atoms with E-state index in [1.54, 1.807) is 55.6 Å². The summed E-state index contributed by atoms with van der Waals surface area (Å²) in [7, 11) is 1.57. The van der Waals surface area contributed by atoms with Gasteiger partial charge in [0.15, 0.2) is 0 Å². The number of carboxylic acids is 1. The van der Waals surface area contributed by atoms with Crippen LogP contribution in [0.1, 0.15) is 5.56 Å². The molecule has 26 heavy (non-hydrogen) atoms. The highest BCUT2D eigenvalue weighted by atomic mass is 35.5. The molecular formula is C18H12ClN2O4S-. The van der Waals surface area contributed by atoms with E-state index in [-0.39, 0.29) is 16.0 Å². The number of aliphatic carboxylic acids is 1. The van der Waals surface area contributed by atoms with Crippen LogP contribution in [0.15, 0.2) is 63.1 Å². The fourth-order valence-corrected chi connectivity index (χ4v) is 2.83. The smallest absolute Gasteiger partial charge is 0.281 e. The first kappa shape index (κ1) is 18.0. The van der Waals surface area contributed by atoms with E-state index in [0.717, 1.165) is 11.8 Å². The number of hydrogen-bond donors (Lipinski definition) is 0. The van der Waals surface area contributed by atoms with Gasteiger partial charge in [-0.15, -0.1) is 10.2 Å². The Hall–Kier alpha value is -2.77. The van der Waals surface area contributed by atoms with Crippen LogP contribution in [0.5, 0.6) is 5.75 Å². The van der Waals surface area contributed by atoms with E-state index >= 15 is 0 Å². The number of ether oxygens (including phenoxy) is 1. The maximum Gasteiger partial charge on any atom is 0.281 e. The summed E-state index contributed by atoms with van der Waals surface area (Å²) in [6.07, 6.45) is 1.45. The van der Waals surface area contributed by atoms with E-state index in [1.807, 2.05) is 0 Å². The Kier molecular flexibility index (Phi) is 5.60. The van der Waals surface area contributed by atoms with Crippen molar-refractivity contribution < 1.29 is 19.1 Å². The zero-order valence-corrected chi connectivity index (χ0v) is 15.1. The highest BCUT2D eigenvalue weighted by molar-refractivity contribution is 8.03. The molecule has 0 fully saturated rings. The van der Waals surface area contributed by atoms with E-state index in [2.05, 4.69) is 10.2 Å². The van der Waals surface area contributed by atoms with Gasteiger partial charge in [-0.3, -0.25) is 0 Å². The van der Waals surface area contributed by atoms with Crippen molar-refractivity contribution in [2.45, 2.75) is 5.22 Å². The van der Waals surface area contributed by atoms with Gasteiger partial charge in [-0.05, 0) is 59.8 Å². The number of benzene rings is 2. The van der Waals surface area contributed by atoms with Crippen molar-refractivity contribution in [3.8, 4) is 17.2 Å². The van der Waals surface area contributed by atoms with E-state index in [1.165, 1.54) is 6.08 Å². The van der Waals surface area contributed by atoms with Crippen molar-refractivity contribution in [2.24, 2.45) is 0 Å². The van der Waals surface area contributed by atoms with Gasteiger partial charge in [0.05, 0.1) is 13.1 Å². The molecule has 2 aromatic carbocycles. The van der Waals surface area contributed by atoms with Gasteiger partial charge in [-0.1, -0.05) is 23.7 Å². The minimum atomic E-state index is -1.34. The maximum atomic E-state index is 11.4. The van der Waals surface area contributed by atoms with Crippen LogP contribution in [-0.4, -0.2) is 23.3 Å². The quantitative estimate of drug-likeness (QED) is 0.473. The molecule has 0 aliphatic rings. The van der Waals surface area contributed by atoms with Crippen LogP contribution in [-0.2, 0) is 4.79 Å². The topological polar surface area (TPSA) is 88.3 Å². The predicted octanol–water partition coefficient (Wildman–Crippen LogP) is 3.28. The summed E-state index contributed by atoms with van der Waals surface area (Å²) < 4.78 is 10.6. The number of rotatable bonds is 6. The van der Waals surface area contributed by atoms with Crippen molar-refractivity contribution in [3.05, 3.63) is 64.0 Å². The molecule has 132 valence electrons. The lowest BCUT2D eigenvalue weighted by Crippen LogP contribution is -2.23. The number of methoxy groups -OCH3 is 1. The van der Waals surface area contributed by atoms with Crippen LogP contribution in [0.25, 0.3) is 17.5 Å². The summed E-state index contributed by atoms with van der Waals surface area (Å²) in [5.74, 6) is -0.360. The number of hydrogen-bond acceptors (Lipinski definition) is 7. The molecule has 0 saturated carbocycles. The Balaban J connectivity index is 1.80. The minimum absolute atomic E-state index is 0.0581. The Bertz CT molecular complexity index is 937. The number of aromatic nitrogens is 2. The lowest BCUT2D eigenvalue weighted by Gasteiger charge is -2.05. The predicted molar refractivity (Wildman–Crippen MR) is 96.6 cm³/mol. The molecule has 0 N–H and O–H groups in total. The average Bonchev–Trinajstić information content (AvgIpc) is 3.11. The summed E-state index contributed by atoms with van der Waals surface area (Å²) in [6, 6.07) is 13.8. The standard InChI is InChI=1S/C18H13ClN2O4S/c1-24-14-8-4-12(5-9-14)16-20-21-18(25-16)26-15(17(22)23)10-11-2-6-13(19)7-3-11/h2-10H,1H3,(H,22,23)/p-1/b15-10+. The van der Waals surface area contributed by atoms with E-state index in [9.17, 15) is 9.90 Å². The maximum absolute atomic E-state index is 11.4.